The van der Waals surface area contributed by atoms with Crippen molar-refractivity contribution < 1.29 is 14.6 Å². The summed E-state index contributed by atoms with van der Waals surface area (Å²) in [6.45, 7) is 4.37. The first-order valence-corrected chi connectivity index (χ1v) is 5.48. The van der Waals surface area contributed by atoms with Gasteiger partial charge >= 0.3 is 5.97 Å². The molecule has 0 aliphatic heterocycles. The standard InChI is InChI=1S/C9H18BrNO3/c1-4-9(2,6-12)11-5-7(10)8(13)14-3/h7,11-12H,4-6H2,1-3H3. The molecule has 0 fully saturated rings. The van der Waals surface area contributed by atoms with Gasteiger partial charge in [-0.25, -0.2) is 0 Å². The number of carbonyl (C=O) groups excluding carboxylic acids is 1. The Labute approximate surface area is 93.1 Å². The summed E-state index contributed by atoms with van der Waals surface area (Å²) in [4.78, 5) is 10.7. The fourth-order valence-corrected chi connectivity index (χ4v) is 1.19. The molecule has 0 radical (unpaired) electrons. The van der Waals surface area contributed by atoms with Gasteiger partial charge < -0.3 is 15.2 Å². The van der Waals surface area contributed by atoms with E-state index in [0.29, 0.717) is 6.54 Å². The Kier molecular flexibility index (Phi) is 6.31. The molecule has 0 saturated heterocycles. The predicted octanol–water partition coefficient (Wildman–Crippen LogP) is 0.674. The van der Waals surface area contributed by atoms with Crippen molar-refractivity contribution in [2.24, 2.45) is 0 Å². The molecule has 0 amide bonds. The van der Waals surface area contributed by atoms with Crippen LogP contribution in [-0.4, -0.2) is 41.7 Å². The number of halogens is 1. The second-order valence-electron chi connectivity index (χ2n) is 3.44. The Balaban J connectivity index is 3.97. The normalized spacial score (nSPS) is 17.2. The minimum atomic E-state index is -0.370. The lowest BCUT2D eigenvalue weighted by Crippen LogP contribution is -2.48. The van der Waals surface area contributed by atoms with Crippen molar-refractivity contribution in [1.82, 2.24) is 5.32 Å². The fraction of sp³-hybridized carbons (Fsp3) is 0.889. The zero-order valence-electron chi connectivity index (χ0n) is 8.84. The number of aliphatic hydroxyl groups is 1. The molecule has 0 heterocycles. The van der Waals surface area contributed by atoms with Gasteiger partial charge in [-0.05, 0) is 13.3 Å². The molecule has 0 aromatic rings. The maximum absolute atomic E-state index is 11.0. The van der Waals surface area contributed by atoms with Gasteiger partial charge in [0.05, 0.1) is 13.7 Å². The zero-order chi connectivity index (χ0) is 11.2. The molecule has 0 rings (SSSR count). The number of ether oxygens (including phenoxy) is 1. The fourth-order valence-electron chi connectivity index (χ4n) is 0.840. The lowest BCUT2D eigenvalue weighted by Gasteiger charge is -2.28. The zero-order valence-corrected chi connectivity index (χ0v) is 10.4. The van der Waals surface area contributed by atoms with Crippen molar-refractivity contribution >= 4 is 21.9 Å². The summed E-state index contributed by atoms with van der Waals surface area (Å²) in [5, 5.41) is 12.2. The number of hydrogen-bond acceptors (Lipinski definition) is 4. The van der Waals surface area contributed by atoms with E-state index in [1.807, 2.05) is 13.8 Å². The first-order chi connectivity index (χ1) is 6.49. The van der Waals surface area contributed by atoms with E-state index in [2.05, 4.69) is 26.0 Å². The van der Waals surface area contributed by atoms with Gasteiger partial charge in [-0.3, -0.25) is 4.79 Å². The molecule has 4 nitrogen and oxygen atoms in total. The SMILES string of the molecule is CCC(C)(CO)NCC(Br)C(=O)OC. The molecule has 5 heteroatoms. The van der Waals surface area contributed by atoms with Crippen molar-refractivity contribution in [2.45, 2.75) is 30.6 Å². The van der Waals surface area contributed by atoms with Crippen molar-refractivity contribution in [1.29, 1.82) is 0 Å². The summed E-state index contributed by atoms with van der Waals surface area (Å²) in [7, 11) is 1.35. The van der Waals surface area contributed by atoms with Crippen LogP contribution >= 0.6 is 15.9 Å². The van der Waals surface area contributed by atoms with Crippen LogP contribution in [0.1, 0.15) is 20.3 Å². The van der Waals surface area contributed by atoms with E-state index in [4.69, 9.17) is 5.11 Å². The van der Waals surface area contributed by atoms with Crippen molar-refractivity contribution in [3.8, 4) is 0 Å². The lowest BCUT2D eigenvalue weighted by molar-refractivity contribution is -0.139. The Morgan fingerprint density at radius 2 is 2.29 bits per heavy atom. The van der Waals surface area contributed by atoms with Crippen molar-refractivity contribution in [3.63, 3.8) is 0 Å². The number of carbonyl (C=O) groups is 1. The lowest BCUT2D eigenvalue weighted by atomic mass is 10.0. The number of nitrogens with one attached hydrogen (secondary N) is 1. The van der Waals surface area contributed by atoms with Crippen LogP contribution in [0.3, 0.4) is 0 Å². The number of rotatable bonds is 6. The van der Waals surface area contributed by atoms with Gasteiger partial charge in [0.25, 0.3) is 0 Å². The van der Waals surface area contributed by atoms with E-state index in [1.54, 1.807) is 0 Å². The molecule has 2 unspecified atom stereocenters. The van der Waals surface area contributed by atoms with Crippen LogP contribution in [0.2, 0.25) is 0 Å². The Bertz CT molecular complexity index is 183. The van der Waals surface area contributed by atoms with E-state index < -0.39 is 0 Å². The van der Waals surface area contributed by atoms with Crippen LogP contribution in [0.4, 0.5) is 0 Å². The van der Waals surface area contributed by atoms with E-state index in [-0.39, 0.29) is 22.9 Å². The summed E-state index contributed by atoms with van der Waals surface area (Å²) in [5.41, 5.74) is -0.333. The third kappa shape index (κ3) is 4.39. The molecule has 0 spiro atoms. The molecule has 0 aromatic heterocycles. The largest absolute Gasteiger partial charge is 0.468 e. The highest BCUT2D eigenvalue weighted by molar-refractivity contribution is 9.10. The van der Waals surface area contributed by atoms with Crippen LogP contribution in [0, 0.1) is 0 Å². The van der Waals surface area contributed by atoms with Crippen LogP contribution in [0.15, 0.2) is 0 Å². The van der Waals surface area contributed by atoms with Gasteiger partial charge in [-0.15, -0.1) is 0 Å². The first kappa shape index (κ1) is 13.9. The minimum Gasteiger partial charge on any atom is -0.468 e. The average molecular weight is 268 g/mol. The maximum Gasteiger partial charge on any atom is 0.320 e. The number of methoxy groups -OCH3 is 1. The average Bonchev–Trinajstić information content (AvgIpc) is 2.24. The maximum atomic E-state index is 11.0. The predicted molar refractivity (Wildman–Crippen MR) is 58.5 cm³/mol. The topological polar surface area (TPSA) is 58.6 Å². The molecule has 0 saturated carbocycles. The molecule has 0 aromatic carbocycles. The number of alkyl halides is 1. The van der Waals surface area contributed by atoms with Gasteiger partial charge in [0, 0.05) is 12.1 Å². The summed E-state index contributed by atoms with van der Waals surface area (Å²) in [5.74, 6) is -0.311. The molecular formula is C9H18BrNO3. The molecule has 0 aliphatic rings. The molecule has 2 N–H and O–H groups in total. The highest BCUT2D eigenvalue weighted by Crippen LogP contribution is 2.09. The van der Waals surface area contributed by atoms with E-state index >= 15 is 0 Å². The van der Waals surface area contributed by atoms with E-state index in [0.717, 1.165) is 6.42 Å². The molecule has 0 bridgehead atoms. The summed E-state index contributed by atoms with van der Waals surface area (Å²) >= 11 is 3.20. The monoisotopic (exact) mass is 267 g/mol. The second-order valence-corrected chi connectivity index (χ2v) is 4.55. The quantitative estimate of drug-likeness (QED) is 0.549. The minimum absolute atomic E-state index is 0.0460. The number of aliphatic hydroxyl groups excluding tert-OH is 1. The highest BCUT2D eigenvalue weighted by Gasteiger charge is 2.23. The van der Waals surface area contributed by atoms with Gasteiger partial charge in [-0.2, -0.15) is 0 Å². The third-order valence-electron chi connectivity index (χ3n) is 2.29. The summed E-state index contributed by atoms with van der Waals surface area (Å²) < 4.78 is 4.56. The van der Waals surface area contributed by atoms with Crippen LogP contribution in [0.25, 0.3) is 0 Å². The molecule has 0 aliphatic carbocycles. The molecule has 14 heavy (non-hydrogen) atoms. The molecular weight excluding hydrogens is 250 g/mol. The van der Waals surface area contributed by atoms with Gasteiger partial charge in [0.15, 0.2) is 0 Å². The molecule has 84 valence electrons. The summed E-state index contributed by atoms with van der Waals surface area (Å²) in [6.07, 6.45) is 0.796. The Morgan fingerprint density at radius 1 is 1.71 bits per heavy atom. The Morgan fingerprint density at radius 3 is 2.64 bits per heavy atom. The van der Waals surface area contributed by atoms with Crippen LogP contribution in [0.5, 0.6) is 0 Å². The van der Waals surface area contributed by atoms with Gasteiger partial charge in [0.2, 0.25) is 0 Å². The van der Waals surface area contributed by atoms with Crippen LogP contribution < -0.4 is 5.32 Å². The molecule has 2 atom stereocenters. The van der Waals surface area contributed by atoms with Crippen molar-refractivity contribution in [3.05, 3.63) is 0 Å². The van der Waals surface area contributed by atoms with Crippen molar-refractivity contribution in [2.75, 3.05) is 20.3 Å². The van der Waals surface area contributed by atoms with Crippen LogP contribution in [-0.2, 0) is 9.53 Å². The number of hydrogen-bond donors (Lipinski definition) is 2. The van der Waals surface area contributed by atoms with Gasteiger partial charge in [-0.1, -0.05) is 22.9 Å². The third-order valence-corrected chi connectivity index (χ3v) is 2.99. The number of esters is 1. The Hall–Kier alpha value is -0.130. The van der Waals surface area contributed by atoms with Gasteiger partial charge in [0.1, 0.15) is 4.83 Å². The van der Waals surface area contributed by atoms with E-state index in [9.17, 15) is 4.79 Å². The summed E-state index contributed by atoms with van der Waals surface area (Å²) in [6, 6.07) is 0. The van der Waals surface area contributed by atoms with E-state index in [1.165, 1.54) is 7.11 Å². The second kappa shape index (κ2) is 6.37. The first-order valence-electron chi connectivity index (χ1n) is 4.57. The highest BCUT2D eigenvalue weighted by atomic mass is 79.9. The smallest absolute Gasteiger partial charge is 0.320 e.